The van der Waals surface area contributed by atoms with Crippen molar-refractivity contribution < 1.29 is 9.59 Å². The fraction of sp³-hybridized carbons (Fsp3) is 0.714. The first-order chi connectivity index (χ1) is 8.24. The molecule has 0 N–H and O–H groups in total. The molecule has 2 atom stereocenters. The van der Waals surface area contributed by atoms with Crippen molar-refractivity contribution in [3.8, 4) is 0 Å². The van der Waals surface area contributed by atoms with Crippen molar-refractivity contribution in [1.82, 2.24) is 4.90 Å². The molecule has 1 aliphatic heterocycles. The van der Waals surface area contributed by atoms with Crippen molar-refractivity contribution >= 4 is 11.8 Å². The van der Waals surface area contributed by atoms with Crippen molar-refractivity contribution in [1.29, 1.82) is 0 Å². The fourth-order valence-corrected chi connectivity index (χ4v) is 3.09. The Hall–Kier alpha value is -1.12. The van der Waals surface area contributed by atoms with Gasteiger partial charge in [0.2, 0.25) is 0 Å². The van der Waals surface area contributed by atoms with Gasteiger partial charge in [-0.3, -0.25) is 14.5 Å². The van der Waals surface area contributed by atoms with Crippen molar-refractivity contribution in [2.24, 2.45) is 5.92 Å². The third kappa shape index (κ3) is 2.59. The molecule has 0 aromatic heterocycles. The summed E-state index contributed by atoms with van der Waals surface area (Å²) >= 11 is 0. The Morgan fingerprint density at radius 2 is 1.88 bits per heavy atom. The van der Waals surface area contributed by atoms with Gasteiger partial charge in [0.1, 0.15) is 0 Å². The van der Waals surface area contributed by atoms with Gasteiger partial charge >= 0.3 is 0 Å². The summed E-state index contributed by atoms with van der Waals surface area (Å²) in [6.45, 7) is 2.20. The predicted octanol–water partition coefficient (Wildman–Crippen LogP) is 2.66. The summed E-state index contributed by atoms with van der Waals surface area (Å²) in [4.78, 5) is 24.8. The van der Waals surface area contributed by atoms with E-state index in [9.17, 15) is 9.59 Å². The normalized spacial score (nSPS) is 28.4. The molecule has 2 amide bonds. The highest BCUT2D eigenvalue weighted by atomic mass is 16.2. The third-order valence-corrected chi connectivity index (χ3v) is 3.97. The molecule has 2 aliphatic rings. The van der Waals surface area contributed by atoms with Crippen LogP contribution in [-0.4, -0.2) is 22.8 Å². The van der Waals surface area contributed by atoms with Crippen LogP contribution in [0.2, 0.25) is 0 Å². The van der Waals surface area contributed by atoms with Gasteiger partial charge in [0, 0.05) is 18.2 Å². The summed E-state index contributed by atoms with van der Waals surface area (Å²) in [5.74, 6) is 0.319. The molecule has 1 fully saturated rings. The number of amides is 2. The van der Waals surface area contributed by atoms with Crippen LogP contribution in [0.5, 0.6) is 0 Å². The Bertz CT molecular complexity index is 317. The topological polar surface area (TPSA) is 37.4 Å². The highest BCUT2D eigenvalue weighted by Gasteiger charge is 2.38. The van der Waals surface area contributed by atoms with E-state index < -0.39 is 0 Å². The second kappa shape index (κ2) is 5.48. The minimum absolute atomic E-state index is 0.109. The number of carbonyl (C=O) groups excluding carboxylic acids is 2. The van der Waals surface area contributed by atoms with Crippen molar-refractivity contribution in [2.45, 2.75) is 57.9 Å². The Labute approximate surface area is 103 Å². The Kier molecular flexibility index (Phi) is 3.97. The molecule has 0 aromatic carbocycles. The van der Waals surface area contributed by atoms with Crippen LogP contribution in [0.1, 0.15) is 51.9 Å². The lowest BCUT2D eigenvalue weighted by atomic mass is 9.95. The number of hydrogen-bond acceptors (Lipinski definition) is 2. The molecule has 3 heteroatoms. The maximum Gasteiger partial charge on any atom is 0.253 e. The van der Waals surface area contributed by atoms with Gasteiger partial charge in [-0.1, -0.05) is 32.6 Å². The third-order valence-electron chi connectivity index (χ3n) is 3.97. The molecular formula is C14H21NO2. The second-order valence-electron chi connectivity index (χ2n) is 5.13. The van der Waals surface area contributed by atoms with E-state index in [4.69, 9.17) is 0 Å². The molecule has 0 saturated heterocycles. The van der Waals surface area contributed by atoms with E-state index >= 15 is 0 Å². The zero-order valence-electron chi connectivity index (χ0n) is 10.5. The number of nitrogens with zero attached hydrogens (tertiary/aromatic N) is 1. The van der Waals surface area contributed by atoms with E-state index in [1.807, 2.05) is 0 Å². The SMILES string of the molecule is CCCCC[C@H]1CCC[C@@H]1N1C(=O)C=CC1=O. The Balaban J connectivity index is 1.95. The maximum atomic E-state index is 11.7. The number of carbonyl (C=O) groups is 2. The lowest BCUT2D eigenvalue weighted by Gasteiger charge is -2.27. The van der Waals surface area contributed by atoms with E-state index in [1.165, 1.54) is 42.7 Å². The molecule has 0 bridgehead atoms. The van der Waals surface area contributed by atoms with Gasteiger partial charge in [0.25, 0.3) is 11.8 Å². The molecule has 94 valence electrons. The highest BCUT2D eigenvalue weighted by molar-refractivity contribution is 6.13. The molecule has 17 heavy (non-hydrogen) atoms. The molecule has 1 saturated carbocycles. The summed E-state index contributed by atoms with van der Waals surface area (Å²) in [6, 6.07) is 0.168. The van der Waals surface area contributed by atoms with Gasteiger partial charge in [-0.15, -0.1) is 0 Å². The number of rotatable bonds is 5. The molecular weight excluding hydrogens is 214 g/mol. The summed E-state index contributed by atoms with van der Waals surface area (Å²) in [7, 11) is 0. The van der Waals surface area contributed by atoms with E-state index in [0.29, 0.717) is 5.92 Å². The van der Waals surface area contributed by atoms with Crippen LogP contribution in [0.4, 0.5) is 0 Å². The average molecular weight is 235 g/mol. The minimum atomic E-state index is -0.109. The zero-order chi connectivity index (χ0) is 12.3. The van der Waals surface area contributed by atoms with Gasteiger partial charge in [0.15, 0.2) is 0 Å². The monoisotopic (exact) mass is 235 g/mol. The lowest BCUT2D eigenvalue weighted by Crippen LogP contribution is -2.42. The van der Waals surface area contributed by atoms with Gasteiger partial charge in [-0.2, -0.15) is 0 Å². The maximum absolute atomic E-state index is 11.7. The van der Waals surface area contributed by atoms with Crippen LogP contribution < -0.4 is 0 Å². The molecule has 1 aliphatic carbocycles. The first kappa shape index (κ1) is 12.3. The average Bonchev–Trinajstić information content (AvgIpc) is 2.87. The largest absolute Gasteiger partial charge is 0.272 e. The number of unbranched alkanes of at least 4 members (excludes halogenated alkanes) is 2. The van der Waals surface area contributed by atoms with E-state index in [1.54, 1.807) is 0 Å². The van der Waals surface area contributed by atoms with Crippen molar-refractivity contribution in [3.63, 3.8) is 0 Å². The van der Waals surface area contributed by atoms with Crippen LogP contribution in [0.15, 0.2) is 12.2 Å². The van der Waals surface area contributed by atoms with Crippen molar-refractivity contribution in [2.75, 3.05) is 0 Å². The molecule has 3 nitrogen and oxygen atoms in total. The van der Waals surface area contributed by atoms with Gasteiger partial charge in [0.05, 0.1) is 0 Å². The van der Waals surface area contributed by atoms with Crippen LogP contribution >= 0.6 is 0 Å². The molecule has 0 unspecified atom stereocenters. The molecule has 0 spiro atoms. The first-order valence-electron chi connectivity index (χ1n) is 6.79. The van der Waals surface area contributed by atoms with Crippen LogP contribution in [0.25, 0.3) is 0 Å². The van der Waals surface area contributed by atoms with Gasteiger partial charge in [-0.25, -0.2) is 0 Å². The Morgan fingerprint density at radius 1 is 1.18 bits per heavy atom. The van der Waals surface area contributed by atoms with E-state index in [2.05, 4.69) is 6.92 Å². The summed E-state index contributed by atoms with van der Waals surface area (Å²) in [5.41, 5.74) is 0. The predicted molar refractivity (Wildman–Crippen MR) is 66.3 cm³/mol. The molecule has 2 rings (SSSR count). The van der Waals surface area contributed by atoms with Gasteiger partial charge in [-0.05, 0) is 25.2 Å². The smallest absolute Gasteiger partial charge is 0.253 e. The zero-order valence-corrected chi connectivity index (χ0v) is 10.5. The standard InChI is InChI=1S/C14H21NO2/c1-2-3-4-6-11-7-5-8-12(11)15-13(16)9-10-14(15)17/h9-12H,2-8H2,1H3/t11-,12-/m0/s1. The van der Waals surface area contributed by atoms with Crippen LogP contribution in [0, 0.1) is 5.92 Å². The first-order valence-corrected chi connectivity index (χ1v) is 6.79. The summed E-state index contributed by atoms with van der Waals surface area (Å²) < 4.78 is 0. The van der Waals surface area contributed by atoms with Crippen molar-refractivity contribution in [3.05, 3.63) is 12.2 Å². The second-order valence-corrected chi connectivity index (χ2v) is 5.13. The summed E-state index contributed by atoms with van der Waals surface area (Å²) in [5, 5.41) is 0. The van der Waals surface area contributed by atoms with Crippen LogP contribution in [0.3, 0.4) is 0 Å². The highest BCUT2D eigenvalue weighted by Crippen LogP contribution is 2.34. The number of hydrogen-bond donors (Lipinski definition) is 0. The molecule has 0 radical (unpaired) electrons. The molecule has 0 aromatic rings. The van der Waals surface area contributed by atoms with Gasteiger partial charge < -0.3 is 0 Å². The summed E-state index contributed by atoms with van der Waals surface area (Å²) in [6.07, 6.45) is 11.0. The van der Waals surface area contributed by atoms with E-state index in [0.717, 1.165) is 19.3 Å². The quantitative estimate of drug-likeness (QED) is 0.542. The minimum Gasteiger partial charge on any atom is -0.272 e. The van der Waals surface area contributed by atoms with Crippen LogP contribution in [-0.2, 0) is 9.59 Å². The number of imide groups is 1. The molecule has 1 heterocycles. The fourth-order valence-electron chi connectivity index (χ4n) is 3.09. The Morgan fingerprint density at radius 3 is 2.53 bits per heavy atom. The van der Waals surface area contributed by atoms with E-state index in [-0.39, 0.29) is 17.9 Å². The lowest BCUT2D eigenvalue weighted by molar-refractivity contribution is -0.140.